The number of carbonyl (C=O) groups excluding carboxylic acids is 2. The molecule has 0 radical (unpaired) electrons. The van der Waals surface area contributed by atoms with Crippen LogP contribution >= 0.6 is 0 Å². The zero-order valence-electron chi connectivity index (χ0n) is 16.4. The van der Waals surface area contributed by atoms with Crippen molar-refractivity contribution in [1.29, 1.82) is 0 Å². The van der Waals surface area contributed by atoms with E-state index in [0.717, 1.165) is 0 Å². The van der Waals surface area contributed by atoms with Gasteiger partial charge in [-0.15, -0.1) is 0 Å². The van der Waals surface area contributed by atoms with Crippen LogP contribution < -0.4 is 0 Å². The van der Waals surface area contributed by atoms with Gasteiger partial charge in [-0.3, -0.25) is 9.59 Å². The lowest BCUT2D eigenvalue weighted by molar-refractivity contribution is -0.156. The third-order valence-electron chi connectivity index (χ3n) is 7.84. The minimum Gasteiger partial charge on any atom is -0.460 e. The van der Waals surface area contributed by atoms with Crippen molar-refractivity contribution in [2.75, 3.05) is 0 Å². The minimum atomic E-state index is -0.469. The Hall–Kier alpha value is -1.12. The molecule has 3 aliphatic rings. The Balaban J connectivity index is 1.93. The van der Waals surface area contributed by atoms with Crippen LogP contribution in [0.1, 0.15) is 68.2 Å². The van der Waals surface area contributed by atoms with Crippen molar-refractivity contribution in [3.63, 3.8) is 0 Å². The molecule has 3 heteroatoms. The zero-order chi connectivity index (χ0) is 18.2. The van der Waals surface area contributed by atoms with E-state index in [0.29, 0.717) is 24.5 Å². The summed E-state index contributed by atoms with van der Waals surface area (Å²) in [5.74, 6) is 1.12. The topological polar surface area (TPSA) is 43.4 Å². The highest BCUT2D eigenvalue weighted by molar-refractivity contribution is 5.88. The summed E-state index contributed by atoms with van der Waals surface area (Å²) in [4.78, 5) is 25.3. The highest BCUT2D eigenvalue weighted by Gasteiger charge is 2.72. The van der Waals surface area contributed by atoms with E-state index in [1.807, 2.05) is 20.8 Å². The molecule has 0 aliphatic heterocycles. The van der Waals surface area contributed by atoms with Gasteiger partial charge >= 0.3 is 5.97 Å². The number of ketones is 1. The van der Waals surface area contributed by atoms with E-state index in [4.69, 9.17) is 4.74 Å². The fraction of sp³-hybridized carbons (Fsp3) is 0.810. The van der Waals surface area contributed by atoms with E-state index in [9.17, 15) is 9.59 Å². The first-order chi connectivity index (χ1) is 10.8. The highest BCUT2D eigenvalue weighted by Crippen LogP contribution is 2.76. The maximum atomic E-state index is 12.9. The van der Waals surface area contributed by atoms with Crippen LogP contribution in [-0.2, 0) is 14.3 Å². The highest BCUT2D eigenvalue weighted by atomic mass is 16.6. The Labute approximate surface area is 146 Å². The number of esters is 1. The first-order valence-corrected chi connectivity index (χ1v) is 9.28. The van der Waals surface area contributed by atoms with Crippen LogP contribution in [-0.4, -0.2) is 17.4 Å². The first-order valence-electron chi connectivity index (χ1n) is 9.28. The van der Waals surface area contributed by atoms with Gasteiger partial charge in [-0.1, -0.05) is 31.9 Å². The molecule has 2 fully saturated rings. The Bertz CT molecular complexity index is 638. The summed E-state index contributed by atoms with van der Waals surface area (Å²) in [6, 6.07) is 0. The van der Waals surface area contributed by atoms with Crippen LogP contribution in [0.15, 0.2) is 11.1 Å². The molecule has 2 bridgehead atoms. The molecule has 2 saturated carbocycles. The summed E-state index contributed by atoms with van der Waals surface area (Å²) >= 11 is 0. The maximum Gasteiger partial charge on any atom is 0.306 e. The molecule has 24 heavy (non-hydrogen) atoms. The Morgan fingerprint density at radius 3 is 2.25 bits per heavy atom. The van der Waals surface area contributed by atoms with Crippen LogP contribution in [0.4, 0.5) is 0 Å². The molecule has 0 unspecified atom stereocenters. The molecule has 3 aliphatic carbocycles. The Morgan fingerprint density at radius 1 is 1.17 bits per heavy atom. The van der Waals surface area contributed by atoms with Gasteiger partial charge in [-0.2, -0.15) is 0 Å². The summed E-state index contributed by atoms with van der Waals surface area (Å²) in [5.41, 5.74) is 2.38. The van der Waals surface area contributed by atoms with Crippen LogP contribution in [0.3, 0.4) is 0 Å². The SMILES string of the molecule is CC1=C(C)[C@]2(C)[C@H](C)[C@]1(C)[C@@H]1[C@@H](CC(=O)OC(C)(C)C)CC(=O)[C@@H]12. The van der Waals surface area contributed by atoms with Crippen molar-refractivity contribution < 1.29 is 14.3 Å². The lowest BCUT2D eigenvalue weighted by Crippen LogP contribution is -2.36. The van der Waals surface area contributed by atoms with Crippen molar-refractivity contribution >= 4 is 11.8 Å². The van der Waals surface area contributed by atoms with Crippen LogP contribution in [0.25, 0.3) is 0 Å². The van der Waals surface area contributed by atoms with Gasteiger partial charge in [0.25, 0.3) is 0 Å². The third-order valence-corrected chi connectivity index (χ3v) is 7.84. The van der Waals surface area contributed by atoms with Gasteiger partial charge in [0.1, 0.15) is 11.4 Å². The van der Waals surface area contributed by atoms with Gasteiger partial charge in [0.2, 0.25) is 0 Å². The summed E-state index contributed by atoms with van der Waals surface area (Å²) in [5, 5.41) is 0. The molecule has 0 heterocycles. The van der Waals surface area contributed by atoms with E-state index in [2.05, 4.69) is 34.6 Å². The lowest BCUT2D eigenvalue weighted by Gasteiger charge is -2.39. The number of hydrogen-bond donors (Lipinski definition) is 0. The maximum absolute atomic E-state index is 12.9. The molecule has 0 N–H and O–H groups in total. The summed E-state index contributed by atoms with van der Waals surface area (Å²) in [6.07, 6.45) is 0.905. The van der Waals surface area contributed by atoms with Crippen molar-refractivity contribution in [3.8, 4) is 0 Å². The van der Waals surface area contributed by atoms with Crippen molar-refractivity contribution in [3.05, 3.63) is 11.1 Å². The Morgan fingerprint density at radius 2 is 1.71 bits per heavy atom. The summed E-state index contributed by atoms with van der Waals surface area (Å²) < 4.78 is 5.53. The second kappa shape index (κ2) is 4.95. The molecule has 3 rings (SSSR count). The molecule has 6 atom stereocenters. The number of hydrogen-bond acceptors (Lipinski definition) is 3. The largest absolute Gasteiger partial charge is 0.460 e. The van der Waals surface area contributed by atoms with Gasteiger partial charge < -0.3 is 4.74 Å². The number of allylic oxidation sites excluding steroid dienone is 2. The average Bonchev–Trinajstić information content (AvgIpc) is 2.89. The van der Waals surface area contributed by atoms with Crippen LogP contribution in [0.2, 0.25) is 0 Å². The average molecular weight is 332 g/mol. The summed E-state index contributed by atoms with van der Waals surface area (Å²) in [7, 11) is 0. The van der Waals surface area contributed by atoms with Crippen LogP contribution in [0, 0.1) is 34.5 Å². The van der Waals surface area contributed by atoms with Gasteiger partial charge in [-0.25, -0.2) is 0 Å². The van der Waals surface area contributed by atoms with E-state index >= 15 is 0 Å². The van der Waals surface area contributed by atoms with Gasteiger partial charge in [0, 0.05) is 24.2 Å². The number of Topliss-reactive ketones (excluding diaryl/α,β-unsaturated/α-hetero) is 1. The number of ether oxygens (including phenoxy) is 1. The molecule has 0 aromatic heterocycles. The molecule has 0 amide bonds. The molecule has 0 saturated heterocycles. The van der Waals surface area contributed by atoms with Crippen molar-refractivity contribution in [1.82, 2.24) is 0 Å². The molecular formula is C21H32O3. The fourth-order valence-electron chi connectivity index (χ4n) is 6.45. The molecule has 0 spiro atoms. The van der Waals surface area contributed by atoms with E-state index in [-0.39, 0.29) is 34.6 Å². The monoisotopic (exact) mass is 332 g/mol. The quantitative estimate of drug-likeness (QED) is 0.550. The van der Waals surface area contributed by atoms with Crippen molar-refractivity contribution in [2.24, 2.45) is 34.5 Å². The first kappa shape index (κ1) is 17.7. The summed E-state index contributed by atoms with van der Waals surface area (Å²) in [6.45, 7) is 17.0. The second-order valence-corrected chi connectivity index (χ2v) is 9.76. The predicted octanol–water partition coefficient (Wildman–Crippen LogP) is 4.55. The van der Waals surface area contributed by atoms with Crippen LogP contribution in [0.5, 0.6) is 0 Å². The van der Waals surface area contributed by atoms with E-state index < -0.39 is 5.60 Å². The second-order valence-electron chi connectivity index (χ2n) is 9.76. The van der Waals surface area contributed by atoms with Crippen molar-refractivity contribution in [2.45, 2.75) is 73.8 Å². The zero-order valence-corrected chi connectivity index (χ0v) is 16.4. The molecule has 3 nitrogen and oxygen atoms in total. The number of carbonyl (C=O) groups is 2. The van der Waals surface area contributed by atoms with Gasteiger partial charge in [0.15, 0.2) is 0 Å². The van der Waals surface area contributed by atoms with Gasteiger partial charge in [-0.05, 0) is 57.8 Å². The molecular weight excluding hydrogens is 300 g/mol. The minimum absolute atomic E-state index is 0.0301. The fourth-order valence-corrected chi connectivity index (χ4v) is 6.45. The van der Waals surface area contributed by atoms with E-state index in [1.165, 1.54) is 11.1 Å². The molecule has 134 valence electrons. The van der Waals surface area contributed by atoms with E-state index in [1.54, 1.807) is 0 Å². The third kappa shape index (κ3) is 2.02. The Kier molecular flexibility index (Phi) is 3.65. The van der Waals surface area contributed by atoms with Gasteiger partial charge in [0.05, 0.1) is 0 Å². The number of fused-ring (bicyclic) bond motifs is 5. The predicted molar refractivity (Wildman–Crippen MR) is 94.3 cm³/mol. The normalized spacial score (nSPS) is 44.2. The lowest BCUT2D eigenvalue weighted by atomic mass is 9.64. The standard InChI is InChI=1S/C21H32O3/c1-11-12(2)21(8)13(3)20(11,7)17-14(9-15(22)18(17)21)10-16(23)24-19(4,5)6/h13-14,17-18H,9-10H2,1-8H3/t13-,14-,17-,18+,20-,21-/m1/s1. The smallest absolute Gasteiger partial charge is 0.306 e. The molecule has 0 aromatic carbocycles. The molecule has 0 aromatic rings. The number of rotatable bonds is 2.